The molecule has 0 aromatic carbocycles. The molecule has 3 heterocycles. The van der Waals surface area contributed by atoms with Crippen molar-refractivity contribution >= 4 is 21.7 Å². The fraction of sp³-hybridized carbons (Fsp3) is 0.562. The molecule has 2 fully saturated rings. The number of aromatic nitrogens is 1. The molecular weight excluding hydrogens is 346 g/mol. The van der Waals surface area contributed by atoms with Gasteiger partial charge in [-0.3, -0.25) is 14.4 Å². The van der Waals surface area contributed by atoms with Crippen molar-refractivity contribution in [3.05, 3.63) is 34.2 Å². The highest BCUT2D eigenvalue weighted by atomic mass is 32.2. The number of aromatic amines is 1. The van der Waals surface area contributed by atoms with Gasteiger partial charge in [0, 0.05) is 25.2 Å². The predicted molar refractivity (Wildman–Crippen MR) is 90.9 cm³/mol. The van der Waals surface area contributed by atoms with E-state index in [1.54, 1.807) is 24.8 Å². The van der Waals surface area contributed by atoms with Crippen LogP contribution in [0.1, 0.15) is 24.2 Å². The first-order valence-corrected chi connectivity index (χ1v) is 10.0. The Balaban J connectivity index is 1.94. The van der Waals surface area contributed by atoms with E-state index in [1.807, 2.05) is 0 Å². The van der Waals surface area contributed by atoms with Gasteiger partial charge in [-0.05, 0) is 12.1 Å². The lowest BCUT2D eigenvalue weighted by Crippen LogP contribution is -2.62. The Morgan fingerprint density at radius 2 is 1.76 bits per heavy atom. The standard InChI is InChI=1S/C16H21N3O5S/c1-10(2)15(21)18-6-7-19(13-9-25(23,24)8-12(13)18)16(22)11-4-3-5-17-14(11)20/h3-5,10,12-13H,6-9H2,1-2H3,(H,17,20)/t12-,13+/m0/s1. The van der Waals surface area contributed by atoms with Crippen LogP contribution in [0, 0.1) is 5.92 Å². The molecule has 0 aliphatic carbocycles. The number of hydrogen-bond donors (Lipinski definition) is 1. The number of nitrogens with one attached hydrogen (secondary N) is 1. The van der Waals surface area contributed by atoms with Gasteiger partial charge in [0.25, 0.3) is 11.5 Å². The van der Waals surface area contributed by atoms with Gasteiger partial charge >= 0.3 is 0 Å². The van der Waals surface area contributed by atoms with E-state index in [4.69, 9.17) is 0 Å². The molecule has 0 saturated carbocycles. The Kier molecular flexibility index (Phi) is 4.44. The fourth-order valence-electron chi connectivity index (χ4n) is 3.56. The Morgan fingerprint density at radius 1 is 1.16 bits per heavy atom. The monoisotopic (exact) mass is 367 g/mol. The highest BCUT2D eigenvalue weighted by Gasteiger charge is 2.49. The molecule has 0 bridgehead atoms. The van der Waals surface area contributed by atoms with Crippen molar-refractivity contribution in [1.29, 1.82) is 0 Å². The molecule has 1 N–H and O–H groups in total. The second-order valence-electron chi connectivity index (χ2n) is 6.81. The maximum atomic E-state index is 12.8. The summed E-state index contributed by atoms with van der Waals surface area (Å²) in [5.41, 5.74) is -0.528. The lowest BCUT2D eigenvalue weighted by atomic mass is 10.0. The number of sulfone groups is 1. The van der Waals surface area contributed by atoms with Crippen LogP contribution in [0.2, 0.25) is 0 Å². The summed E-state index contributed by atoms with van der Waals surface area (Å²) >= 11 is 0. The van der Waals surface area contributed by atoms with Crippen molar-refractivity contribution in [3.8, 4) is 0 Å². The molecule has 2 aliphatic rings. The summed E-state index contributed by atoms with van der Waals surface area (Å²) in [6.45, 7) is 4.01. The van der Waals surface area contributed by atoms with E-state index in [0.29, 0.717) is 0 Å². The Bertz CT molecular complexity index is 861. The first-order valence-electron chi connectivity index (χ1n) is 8.21. The molecule has 0 spiro atoms. The topological polar surface area (TPSA) is 108 Å². The fourth-order valence-corrected chi connectivity index (χ4v) is 5.54. The second kappa shape index (κ2) is 6.29. The van der Waals surface area contributed by atoms with Gasteiger partial charge in [0.05, 0.1) is 23.6 Å². The molecule has 2 aliphatic heterocycles. The van der Waals surface area contributed by atoms with E-state index in [0.717, 1.165) is 0 Å². The van der Waals surface area contributed by atoms with Gasteiger partial charge in [0.2, 0.25) is 5.91 Å². The minimum atomic E-state index is -3.35. The third kappa shape index (κ3) is 3.20. The maximum Gasteiger partial charge on any atom is 0.260 e. The van der Waals surface area contributed by atoms with Gasteiger partial charge in [0.1, 0.15) is 5.56 Å². The van der Waals surface area contributed by atoms with E-state index >= 15 is 0 Å². The van der Waals surface area contributed by atoms with Crippen molar-refractivity contribution in [2.24, 2.45) is 5.92 Å². The van der Waals surface area contributed by atoms with Crippen molar-refractivity contribution in [2.45, 2.75) is 25.9 Å². The SMILES string of the molecule is CC(C)C(=O)N1CCN(C(=O)c2ccc[nH]c2=O)[C@@H]2CS(=O)(=O)C[C@@H]21. The van der Waals surface area contributed by atoms with Crippen molar-refractivity contribution in [3.63, 3.8) is 0 Å². The average molecular weight is 367 g/mol. The number of piperazine rings is 1. The normalized spacial score (nSPS) is 25.1. The van der Waals surface area contributed by atoms with Crippen LogP contribution in [-0.2, 0) is 14.6 Å². The average Bonchev–Trinajstić information content (AvgIpc) is 2.87. The summed E-state index contributed by atoms with van der Waals surface area (Å²) in [4.78, 5) is 42.6. The van der Waals surface area contributed by atoms with Crippen LogP contribution >= 0.6 is 0 Å². The molecule has 8 nitrogen and oxygen atoms in total. The number of nitrogens with zero attached hydrogens (tertiary/aromatic N) is 2. The molecule has 3 rings (SSSR count). The molecule has 0 unspecified atom stereocenters. The van der Waals surface area contributed by atoms with Crippen LogP contribution in [0.5, 0.6) is 0 Å². The van der Waals surface area contributed by atoms with Crippen LogP contribution in [-0.4, -0.2) is 71.7 Å². The quantitative estimate of drug-likeness (QED) is 0.757. The number of amides is 2. The van der Waals surface area contributed by atoms with E-state index in [2.05, 4.69) is 4.98 Å². The Morgan fingerprint density at radius 3 is 2.36 bits per heavy atom. The van der Waals surface area contributed by atoms with Gasteiger partial charge < -0.3 is 14.8 Å². The summed E-state index contributed by atoms with van der Waals surface area (Å²) in [7, 11) is -3.35. The predicted octanol–water partition coefficient (Wildman–Crippen LogP) is -0.519. The summed E-state index contributed by atoms with van der Waals surface area (Å²) in [5.74, 6) is -1.19. The lowest BCUT2D eigenvalue weighted by molar-refractivity contribution is -0.139. The summed E-state index contributed by atoms with van der Waals surface area (Å²) in [5, 5.41) is 0. The third-order valence-corrected chi connectivity index (χ3v) is 6.46. The molecule has 2 atom stereocenters. The number of rotatable bonds is 2. The highest BCUT2D eigenvalue weighted by molar-refractivity contribution is 7.91. The molecule has 1 aromatic heterocycles. The summed E-state index contributed by atoms with van der Waals surface area (Å²) < 4.78 is 24.3. The van der Waals surface area contributed by atoms with Crippen molar-refractivity contribution in [2.75, 3.05) is 24.6 Å². The van der Waals surface area contributed by atoms with E-state index in [9.17, 15) is 22.8 Å². The van der Waals surface area contributed by atoms with Crippen LogP contribution in [0.25, 0.3) is 0 Å². The van der Waals surface area contributed by atoms with Crippen LogP contribution in [0.4, 0.5) is 0 Å². The number of hydrogen-bond acceptors (Lipinski definition) is 5. The zero-order valence-corrected chi connectivity index (χ0v) is 15.0. The molecule has 0 radical (unpaired) electrons. The number of carbonyl (C=O) groups is 2. The molecule has 1 aromatic rings. The number of pyridine rings is 1. The molecule has 2 amide bonds. The number of fused-ring (bicyclic) bond motifs is 1. The summed E-state index contributed by atoms with van der Waals surface area (Å²) in [6.07, 6.45) is 1.43. The largest absolute Gasteiger partial charge is 0.335 e. The van der Waals surface area contributed by atoms with Gasteiger partial charge in [-0.2, -0.15) is 0 Å². The molecule has 25 heavy (non-hydrogen) atoms. The van der Waals surface area contributed by atoms with E-state index in [-0.39, 0.29) is 42.0 Å². The van der Waals surface area contributed by atoms with Gasteiger partial charge in [0.15, 0.2) is 9.84 Å². The Labute approximate surface area is 145 Å². The Hall–Kier alpha value is -2.16. The number of H-pyrrole nitrogens is 1. The summed E-state index contributed by atoms with van der Waals surface area (Å²) in [6, 6.07) is 1.80. The zero-order valence-electron chi connectivity index (χ0n) is 14.1. The molecule has 2 saturated heterocycles. The lowest BCUT2D eigenvalue weighted by Gasteiger charge is -2.44. The van der Waals surface area contributed by atoms with Crippen LogP contribution in [0.15, 0.2) is 23.1 Å². The van der Waals surface area contributed by atoms with E-state index in [1.165, 1.54) is 17.2 Å². The zero-order chi connectivity index (χ0) is 18.4. The molecular formula is C16H21N3O5S. The minimum Gasteiger partial charge on any atom is -0.335 e. The third-order valence-electron chi connectivity index (χ3n) is 4.76. The van der Waals surface area contributed by atoms with Crippen LogP contribution in [0.3, 0.4) is 0 Å². The van der Waals surface area contributed by atoms with Gasteiger partial charge in [-0.1, -0.05) is 13.8 Å². The van der Waals surface area contributed by atoms with Gasteiger partial charge in [-0.25, -0.2) is 8.42 Å². The van der Waals surface area contributed by atoms with Crippen LogP contribution < -0.4 is 5.56 Å². The molecule has 9 heteroatoms. The highest BCUT2D eigenvalue weighted by Crippen LogP contribution is 2.28. The first-order chi connectivity index (χ1) is 11.7. The van der Waals surface area contributed by atoms with E-state index < -0.39 is 33.4 Å². The first kappa shape index (κ1) is 17.7. The maximum absolute atomic E-state index is 12.8. The number of carbonyl (C=O) groups excluding carboxylic acids is 2. The smallest absolute Gasteiger partial charge is 0.260 e. The molecule has 136 valence electrons. The van der Waals surface area contributed by atoms with Crippen molar-refractivity contribution < 1.29 is 18.0 Å². The van der Waals surface area contributed by atoms with Gasteiger partial charge in [-0.15, -0.1) is 0 Å². The minimum absolute atomic E-state index is 0.0193. The van der Waals surface area contributed by atoms with Crippen molar-refractivity contribution in [1.82, 2.24) is 14.8 Å². The second-order valence-corrected chi connectivity index (χ2v) is 8.96.